The van der Waals surface area contributed by atoms with E-state index in [2.05, 4.69) is 10.4 Å². The van der Waals surface area contributed by atoms with Crippen LogP contribution in [0.3, 0.4) is 0 Å². The zero-order valence-corrected chi connectivity index (χ0v) is 15.8. The predicted molar refractivity (Wildman–Crippen MR) is 112 cm³/mol. The van der Waals surface area contributed by atoms with Gasteiger partial charge >= 0.3 is 0 Å². The summed E-state index contributed by atoms with van der Waals surface area (Å²) in [4.78, 5) is 24.7. The SMILES string of the molecule is C[C@@H](C(=O)Nc1ccc(Oc2ccccc2)cc1)n1ncc(=O)c2ccccc21. The van der Waals surface area contributed by atoms with Gasteiger partial charge in [0.2, 0.25) is 11.3 Å². The van der Waals surface area contributed by atoms with Crippen LogP contribution in [-0.2, 0) is 4.79 Å². The molecule has 1 N–H and O–H groups in total. The summed E-state index contributed by atoms with van der Waals surface area (Å²) in [7, 11) is 0. The zero-order chi connectivity index (χ0) is 20.2. The van der Waals surface area contributed by atoms with Crippen molar-refractivity contribution in [3.63, 3.8) is 0 Å². The standard InChI is InChI=1S/C23H19N3O3/c1-16(26-21-10-6-5-9-20(21)22(27)15-24-26)23(28)25-17-11-13-19(14-12-17)29-18-7-3-2-4-8-18/h2-16H,1H3,(H,25,28)/t16-/m0/s1. The van der Waals surface area contributed by atoms with Crippen molar-refractivity contribution in [1.82, 2.24) is 9.78 Å². The van der Waals surface area contributed by atoms with Gasteiger partial charge in [0.25, 0.3) is 0 Å². The average Bonchev–Trinajstić information content (AvgIpc) is 2.76. The molecule has 0 bridgehead atoms. The van der Waals surface area contributed by atoms with Crippen LogP contribution in [0.5, 0.6) is 11.5 Å². The summed E-state index contributed by atoms with van der Waals surface area (Å²) in [6.45, 7) is 1.74. The van der Waals surface area contributed by atoms with Gasteiger partial charge in [0, 0.05) is 11.1 Å². The lowest BCUT2D eigenvalue weighted by atomic mass is 10.2. The van der Waals surface area contributed by atoms with Crippen molar-refractivity contribution in [1.29, 1.82) is 0 Å². The molecule has 1 atom stereocenters. The lowest BCUT2D eigenvalue weighted by Gasteiger charge is -2.17. The number of ether oxygens (including phenoxy) is 1. The molecule has 1 amide bonds. The molecule has 6 nitrogen and oxygen atoms in total. The highest BCUT2D eigenvalue weighted by molar-refractivity contribution is 5.94. The summed E-state index contributed by atoms with van der Waals surface area (Å²) in [6.07, 6.45) is 1.24. The van der Waals surface area contributed by atoms with Crippen molar-refractivity contribution >= 4 is 22.5 Å². The molecule has 0 aliphatic rings. The summed E-state index contributed by atoms with van der Waals surface area (Å²) < 4.78 is 7.31. The van der Waals surface area contributed by atoms with E-state index in [1.165, 1.54) is 6.20 Å². The zero-order valence-electron chi connectivity index (χ0n) is 15.8. The Labute approximate surface area is 167 Å². The number of anilines is 1. The number of amides is 1. The maximum atomic E-state index is 12.7. The molecule has 0 fully saturated rings. The van der Waals surface area contributed by atoms with Gasteiger partial charge in [0.05, 0.1) is 11.7 Å². The fourth-order valence-electron chi connectivity index (χ4n) is 3.03. The Morgan fingerprint density at radius 2 is 1.59 bits per heavy atom. The fourth-order valence-corrected chi connectivity index (χ4v) is 3.03. The molecular formula is C23H19N3O3. The number of carbonyl (C=O) groups excluding carboxylic acids is 1. The molecule has 144 valence electrons. The van der Waals surface area contributed by atoms with Gasteiger partial charge in [-0.3, -0.25) is 14.3 Å². The topological polar surface area (TPSA) is 73.2 Å². The normalized spacial score (nSPS) is 11.8. The summed E-state index contributed by atoms with van der Waals surface area (Å²) in [5.41, 5.74) is 1.10. The minimum absolute atomic E-state index is 0.168. The van der Waals surface area contributed by atoms with Crippen molar-refractivity contribution in [2.75, 3.05) is 5.32 Å². The lowest BCUT2D eigenvalue weighted by molar-refractivity contribution is -0.119. The highest BCUT2D eigenvalue weighted by atomic mass is 16.5. The summed E-state index contributed by atoms with van der Waals surface area (Å²) >= 11 is 0. The number of benzene rings is 3. The molecule has 0 saturated heterocycles. The molecule has 3 aromatic carbocycles. The maximum absolute atomic E-state index is 12.7. The first-order valence-electron chi connectivity index (χ1n) is 9.22. The van der Waals surface area contributed by atoms with Crippen LogP contribution in [0.25, 0.3) is 10.9 Å². The number of carbonyl (C=O) groups is 1. The van der Waals surface area contributed by atoms with Crippen molar-refractivity contribution in [3.05, 3.63) is 95.3 Å². The number of nitrogens with zero attached hydrogens (tertiary/aromatic N) is 2. The molecule has 0 saturated carbocycles. The highest BCUT2D eigenvalue weighted by Gasteiger charge is 2.18. The van der Waals surface area contributed by atoms with E-state index >= 15 is 0 Å². The molecule has 0 spiro atoms. The Hall–Kier alpha value is -3.93. The third-order valence-electron chi connectivity index (χ3n) is 4.56. The quantitative estimate of drug-likeness (QED) is 0.553. The van der Waals surface area contributed by atoms with Gasteiger partial charge in [-0.25, -0.2) is 0 Å². The van der Waals surface area contributed by atoms with Gasteiger partial charge in [0.1, 0.15) is 17.5 Å². The van der Waals surface area contributed by atoms with E-state index in [4.69, 9.17) is 4.74 Å². The largest absolute Gasteiger partial charge is 0.457 e. The molecule has 1 aromatic heterocycles. The molecule has 29 heavy (non-hydrogen) atoms. The van der Waals surface area contributed by atoms with Crippen LogP contribution < -0.4 is 15.5 Å². The molecule has 0 aliphatic carbocycles. The second kappa shape index (κ2) is 7.98. The second-order valence-electron chi connectivity index (χ2n) is 6.58. The molecule has 0 unspecified atom stereocenters. The van der Waals surface area contributed by atoms with Crippen LogP contribution in [0, 0.1) is 0 Å². The van der Waals surface area contributed by atoms with E-state index in [0.717, 1.165) is 5.75 Å². The number of fused-ring (bicyclic) bond motifs is 1. The Kier molecular flexibility index (Phi) is 5.07. The molecule has 4 rings (SSSR count). The van der Waals surface area contributed by atoms with E-state index in [1.54, 1.807) is 54.1 Å². The number of nitrogens with one attached hydrogen (secondary N) is 1. The first-order valence-corrected chi connectivity index (χ1v) is 9.22. The highest BCUT2D eigenvalue weighted by Crippen LogP contribution is 2.23. The summed E-state index contributed by atoms with van der Waals surface area (Å²) in [5, 5.41) is 7.56. The lowest BCUT2D eigenvalue weighted by Crippen LogP contribution is -2.26. The van der Waals surface area contributed by atoms with Crippen molar-refractivity contribution in [2.24, 2.45) is 0 Å². The first kappa shape index (κ1) is 18.4. The number of hydrogen-bond acceptors (Lipinski definition) is 4. The monoisotopic (exact) mass is 385 g/mol. The molecule has 6 heteroatoms. The first-order chi connectivity index (χ1) is 14.1. The van der Waals surface area contributed by atoms with Crippen molar-refractivity contribution in [2.45, 2.75) is 13.0 Å². The molecule has 0 radical (unpaired) electrons. The number of hydrogen-bond donors (Lipinski definition) is 1. The van der Waals surface area contributed by atoms with Gasteiger partial charge < -0.3 is 10.1 Å². The van der Waals surface area contributed by atoms with Crippen LogP contribution in [0.15, 0.2) is 89.9 Å². The Balaban J connectivity index is 1.49. The molecular weight excluding hydrogens is 366 g/mol. The van der Waals surface area contributed by atoms with Gasteiger partial charge in [0.15, 0.2) is 0 Å². The third kappa shape index (κ3) is 4.01. The minimum atomic E-state index is -0.597. The van der Waals surface area contributed by atoms with Crippen LogP contribution in [0.4, 0.5) is 5.69 Å². The van der Waals surface area contributed by atoms with Crippen LogP contribution in [0.2, 0.25) is 0 Å². The van der Waals surface area contributed by atoms with Gasteiger partial charge in [-0.2, -0.15) is 5.10 Å². The van der Waals surface area contributed by atoms with Crippen molar-refractivity contribution in [3.8, 4) is 11.5 Å². The molecule has 4 aromatic rings. The van der Waals surface area contributed by atoms with E-state index in [0.29, 0.717) is 22.3 Å². The number of rotatable bonds is 5. The summed E-state index contributed by atoms with van der Waals surface area (Å²) in [6, 6.07) is 23.1. The maximum Gasteiger partial charge on any atom is 0.248 e. The number of para-hydroxylation sites is 2. The second-order valence-corrected chi connectivity index (χ2v) is 6.58. The Bertz CT molecular complexity index is 1200. The van der Waals surface area contributed by atoms with Gasteiger partial charge in [-0.15, -0.1) is 0 Å². The van der Waals surface area contributed by atoms with Crippen LogP contribution >= 0.6 is 0 Å². The average molecular weight is 385 g/mol. The van der Waals surface area contributed by atoms with E-state index < -0.39 is 6.04 Å². The van der Waals surface area contributed by atoms with Crippen molar-refractivity contribution < 1.29 is 9.53 Å². The third-order valence-corrected chi connectivity index (χ3v) is 4.56. The fraction of sp³-hybridized carbons (Fsp3) is 0.0870. The minimum Gasteiger partial charge on any atom is -0.457 e. The van der Waals surface area contributed by atoms with Crippen LogP contribution in [-0.4, -0.2) is 15.7 Å². The Morgan fingerprint density at radius 3 is 2.34 bits per heavy atom. The van der Waals surface area contributed by atoms with Gasteiger partial charge in [-0.05, 0) is 55.5 Å². The Morgan fingerprint density at radius 1 is 0.931 bits per heavy atom. The predicted octanol–water partition coefficient (Wildman–Crippen LogP) is 4.39. The van der Waals surface area contributed by atoms with E-state index in [-0.39, 0.29) is 11.3 Å². The summed E-state index contributed by atoms with van der Waals surface area (Å²) in [5.74, 6) is 1.19. The smallest absolute Gasteiger partial charge is 0.248 e. The molecule has 0 aliphatic heterocycles. The van der Waals surface area contributed by atoms with Gasteiger partial charge in [-0.1, -0.05) is 30.3 Å². The van der Waals surface area contributed by atoms with E-state index in [1.807, 2.05) is 36.4 Å². The molecule has 1 heterocycles. The van der Waals surface area contributed by atoms with E-state index in [9.17, 15) is 9.59 Å². The number of aromatic nitrogens is 2. The van der Waals surface area contributed by atoms with Crippen LogP contribution in [0.1, 0.15) is 13.0 Å².